The molecule has 1 aromatic rings. The lowest BCUT2D eigenvalue weighted by atomic mass is 9.87. The zero-order valence-corrected chi connectivity index (χ0v) is 11.7. The highest BCUT2D eigenvalue weighted by Crippen LogP contribution is 2.41. The highest BCUT2D eigenvalue weighted by atomic mass is 15.2. The van der Waals surface area contributed by atoms with Crippen LogP contribution in [-0.4, -0.2) is 39.8 Å². The Bertz CT molecular complexity index is 447. The Hall–Kier alpha value is -1.22. The van der Waals surface area contributed by atoms with E-state index in [-0.39, 0.29) is 5.41 Å². The minimum Gasteiger partial charge on any atom is -0.373 e. The van der Waals surface area contributed by atoms with E-state index in [1.165, 1.54) is 16.9 Å². The Balaban J connectivity index is 1.94. The van der Waals surface area contributed by atoms with Crippen molar-refractivity contribution in [3.05, 3.63) is 23.8 Å². The number of hydrogen-bond acceptors (Lipinski definition) is 3. The molecule has 1 N–H and O–H groups in total. The molecule has 0 spiro atoms. The normalized spacial score (nSPS) is 22.2. The summed E-state index contributed by atoms with van der Waals surface area (Å²) in [6, 6.07) is 7.00. The summed E-state index contributed by atoms with van der Waals surface area (Å²) in [4.78, 5) is 4.87. The van der Waals surface area contributed by atoms with Crippen LogP contribution in [-0.2, 0) is 5.41 Å². The molecule has 3 nitrogen and oxygen atoms in total. The van der Waals surface area contributed by atoms with Crippen LogP contribution in [0.2, 0.25) is 0 Å². The topological polar surface area (TPSA) is 18.5 Å². The molecule has 0 saturated carbocycles. The number of rotatable bonds is 1. The molecule has 3 heteroatoms. The number of nitrogens with one attached hydrogen (secondary N) is 1. The third kappa shape index (κ3) is 1.87. The molecule has 1 fully saturated rings. The Morgan fingerprint density at radius 3 is 2.61 bits per heavy atom. The smallest absolute Gasteiger partial charge is 0.0423 e. The molecule has 18 heavy (non-hydrogen) atoms. The summed E-state index contributed by atoms with van der Waals surface area (Å²) in [5, 5.41) is 3.41. The van der Waals surface area contributed by atoms with Crippen molar-refractivity contribution in [1.29, 1.82) is 0 Å². The molecule has 0 aromatic heterocycles. The maximum absolute atomic E-state index is 3.41. The van der Waals surface area contributed by atoms with E-state index < -0.39 is 0 Å². The molecule has 2 aliphatic rings. The molecular weight excluding hydrogens is 222 g/mol. The van der Waals surface area contributed by atoms with Crippen molar-refractivity contribution in [3.63, 3.8) is 0 Å². The van der Waals surface area contributed by atoms with Crippen molar-refractivity contribution >= 4 is 11.4 Å². The van der Waals surface area contributed by atoms with Gasteiger partial charge in [-0.1, -0.05) is 19.9 Å². The minimum atomic E-state index is 0.284. The van der Waals surface area contributed by atoms with Crippen LogP contribution in [0.25, 0.3) is 0 Å². The fourth-order valence-corrected chi connectivity index (χ4v) is 3.29. The predicted octanol–water partition coefficient (Wildman–Crippen LogP) is 1.82. The van der Waals surface area contributed by atoms with Crippen LogP contribution >= 0.6 is 0 Å². The van der Waals surface area contributed by atoms with E-state index in [1.54, 1.807) is 0 Å². The first-order valence-corrected chi connectivity index (χ1v) is 6.89. The average molecular weight is 245 g/mol. The third-order valence-corrected chi connectivity index (χ3v) is 4.24. The van der Waals surface area contributed by atoms with Gasteiger partial charge in [-0.2, -0.15) is 0 Å². The standard InChI is InChI=1S/C15H23N3/c1-15(2)11-17(3)14-10-12(4-5-13(14)15)18-8-6-16-7-9-18/h4-5,10,16H,6-9,11H2,1-3H3. The summed E-state index contributed by atoms with van der Waals surface area (Å²) in [6.07, 6.45) is 0. The molecular formula is C15H23N3. The lowest BCUT2D eigenvalue weighted by molar-refractivity contribution is 0.563. The van der Waals surface area contributed by atoms with Crippen molar-refractivity contribution in [1.82, 2.24) is 5.32 Å². The van der Waals surface area contributed by atoms with E-state index in [9.17, 15) is 0 Å². The largest absolute Gasteiger partial charge is 0.373 e. The lowest BCUT2D eigenvalue weighted by Crippen LogP contribution is -2.43. The van der Waals surface area contributed by atoms with Gasteiger partial charge in [0.2, 0.25) is 0 Å². The quantitative estimate of drug-likeness (QED) is 0.814. The number of nitrogens with zero attached hydrogens (tertiary/aromatic N) is 2. The number of fused-ring (bicyclic) bond motifs is 1. The maximum Gasteiger partial charge on any atom is 0.0423 e. The molecule has 1 aromatic carbocycles. The van der Waals surface area contributed by atoms with E-state index in [0.717, 1.165) is 32.7 Å². The van der Waals surface area contributed by atoms with Gasteiger partial charge in [0.05, 0.1) is 0 Å². The molecule has 0 atom stereocenters. The summed E-state index contributed by atoms with van der Waals surface area (Å²) in [5.74, 6) is 0. The van der Waals surface area contributed by atoms with Crippen molar-refractivity contribution in [2.45, 2.75) is 19.3 Å². The Morgan fingerprint density at radius 1 is 1.17 bits per heavy atom. The number of benzene rings is 1. The fourth-order valence-electron chi connectivity index (χ4n) is 3.29. The van der Waals surface area contributed by atoms with Crippen LogP contribution in [0.4, 0.5) is 11.4 Å². The lowest BCUT2D eigenvalue weighted by Gasteiger charge is -2.30. The molecule has 0 radical (unpaired) electrons. The molecule has 0 bridgehead atoms. The first-order valence-electron chi connectivity index (χ1n) is 6.89. The number of likely N-dealkylation sites (N-methyl/N-ethyl adjacent to an activating group) is 1. The van der Waals surface area contributed by atoms with Crippen LogP contribution in [0.3, 0.4) is 0 Å². The molecule has 0 aliphatic carbocycles. The van der Waals surface area contributed by atoms with Gasteiger partial charge in [0, 0.05) is 56.6 Å². The zero-order chi connectivity index (χ0) is 12.8. The molecule has 1 saturated heterocycles. The van der Waals surface area contributed by atoms with Crippen molar-refractivity contribution < 1.29 is 0 Å². The van der Waals surface area contributed by atoms with Gasteiger partial charge >= 0.3 is 0 Å². The highest BCUT2D eigenvalue weighted by Gasteiger charge is 2.33. The van der Waals surface area contributed by atoms with E-state index in [1.807, 2.05) is 0 Å². The van der Waals surface area contributed by atoms with E-state index in [4.69, 9.17) is 0 Å². The van der Waals surface area contributed by atoms with Crippen LogP contribution in [0.5, 0.6) is 0 Å². The van der Waals surface area contributed by atoms with E-state index in [0.29, 0.717) is 0 Å². The van der Waals surface area contributed by atoms with Gasteiger partial charge in [-0.05, 0) is 17.7 Å². The highest BCUT2D eigenvalue weighted by molar-refractivity contribution is 5.68. The van der Waals surface area contributed by atoms with Gasteiger partial charge in [-0.25, -0.2) is 0 Å². The van der Waals surface area contributed by atoms with Crippen LogP contribution in [0.15, 0.2) is 18.2 Å². The molecule has 2 aliphatic heterocycles. The van der Waals surface area contributed by atoms with E-state index >= 15 is 0 Å². The van der Waals surface area contributed by atoms with Crippen LogP contribution < -0.4 is 15.1 Å². The van der Waals surface area contributed by atoms with Gasteiger partial charge in [0.15, 0.2) is 0 Å². The second-order valence-corrected chi connectivity index (χ2v) is 6.18. The Kier molecular flexibility index (Phi) is 2.74. The van der Waals surface area contributed by atoms with Gasteiger partial charge in [-0.15, -0.1) is 0 Å². The van der Waals surface area contributed by atoms with Crippen LogP contribution in [0.1, 0.15) is 19.4 Å². The maximum atomic E-state index is 3.41. The molecule has 2 heterocycles. The molecule has 98 valence electrons. The van der Waals surface area contributed by atoms with Crippen molar-refractivity contribution in [2.75, 3.05) is 49.6 Å². The molecule has 3 rings (SSSR count). The Labute approximate surface area is 110 Å². The molecule has 0 unspecified atom stereocenters. The summed E-state index contributed by atoms with van der Waals surface area (Å²) in [6.45, 7) is 10.2. The number of hydrogen-bond donors (Lipinski definition) is 1. The first kappa shape index (κ1) is 11.8. The van der Waals surface area contributed by atoms with Crippen LogP contribution in [0, 0.1) is 0 Å². The summed E-state index contributed by atoms with van der Waals surface area (Å²) in [5.41, 5.74) is 4.56. The number of piperazine rings is 1. The van der Waals surface area contributed by atoms with Gasteiger partial charge < -0.3 is 15.1 Å². The van der Waals surface area contributed by atoms with Gasteiger partial charge in [0.1, 0.15) is 0 Å². The summed E-state index contributed by atoms with van der Waals surface area (Å²) >= 11 is 0. The van der Waals surface area contributed by atoms with Gasteiger partial charge in [0.25, 0.3) is 0 Å². The minimum absolute atomic E-state index is 0.284. The average Bonchev–Trinajstić information content (AvgIpc) is 2.61. The third-order valence-electron chi connectivity index (χ3n) is 4.24. The zero-order valence-electron chi connectivity index (χ0n) is 11.7. The predicted molar refractivity (Wildman–Crippen MR) is 77.8 cm³/mol. The second kappa shape index (κ2) is 4.16. The van der Waals surface area contributed by atoms with Crippen molar-refractivity contribution in [2.24, 2.45) is 0 Å². The van der Waals surface area contributed by atoms with E-state index in [2.05, 4.69) is 54.2 Å². The summed E-state index contributed by atoms with van der Waals surface area (Å²) in [7, 11) is 2.20. The number of anilines is 2. The first-order chi connectivity index (χ1) is 8.58. The molecule has 0 amide bonds. The summed E-state index contributed by atoms with van der Waals surface area (Å²) < 4.78 is 0. The Morgan fingerprint density at radius 2 is 1.89 bits per heavy atom. The SMILES string of the molecule is CN1CC(C)(C)c2ccc(N3CCNCC3)cc21. The fraction of sp³-hybridized carbons (Fsp3) is 0.600. The second-order valence-electron chi connectivity index (χ2n) is 6.18. The van der Waals surface area contributed by atoms with Crippen molar-refractivity contribution in [3.8, 4) is 0 Å². The monoisotopic (exact) mass is 245 g/mol. The van der Waals surface area contributed by atoms with Gasteiger partial charge in [-0.3, -0.25) is 0 Å².